The molecular weight excluding hydrogens is 235 g/mol. The molecule has 1 unspecified atom stereocenters. The molecule has 4 heteroatoms. The van der Waals surface area contributed by atoms with Crippen molar-refractivity contribution < 1.29 is 14.1 Å². The first-order valence-electron chi connectivity index (χ1n) is 5.45. The molecule has 0 spiro atoms. The summed E-state index contributed by atoms with van der Waals surface area (Å²) in [7, 11) is -3.16. The maximum absolute atomic E-state index is 12.7. The predicted molar refractivity (Wildman–Crippen MR) is 70.4 cm³/mol. The maximum atomic E-state index is 12.7. The van der Waals surface area contributed by atoms with Crippen molar-refractivity contribution in [2.45, 2.75) is 33.3 Å². The molecule has 0 aromatic heterocycles. The van der Waals surface area contributed by atoms with E-state index >= 15 is 0 Å². The van der Waals surface area contributed by atoms with Gasteiger partial charge in [0.05, 0.1) is 5.60 Å². The number of rotatable bonds is 4. The first-order chi connectivity index (χ1) is 7.76. The van der Waals surface area contributed by atoms with E-state index in [-0.39, 0.29) is 0 Å². The van der Waals surface area contributed by atoms with E-state index in [0.717, 1.165) is 0 Å². The van der Waals surface area contributed by atoms with E-state index in [2.05, 4.69) is 6.58 Å². The van der Waals surface area contributed by atoms with Crippen molar-refractivity contribution in [3.63, 3.8) is 0 Å². The van der Waals surface area contributed by atoms with E-state index in [4.69, 9.17) is 9.56 Å². The van der Waals surface area contributed by atoms with Gasteiger partial charge in [0.25, 0.3) is 7.37 Å². The Morgan fingerprint density at radius 3 is 2.18 bits per heavy atom. The third-order valence-corrected chi connectivity index (χ3v) is 4.26. The number of benzene rings is 1. The van der Waals surface area contributed by atoms with Crippen LogP contribution in [0.25, 0.3) is 0 Å². The monoisotopic (exact) mass is 254 g/mol. The lowest BCUT2D eigenvalue weighted by molar-refractivity contribution is -0.272. The van der Waals surface area contributed by atoms with E-state index in [1.165, 1.54) is 0 Å². The van der Waals surface area contributed by atoms with Gasteiger partial charge in [-0.05, 0) is 39.8 Å². The molecule has 0 aliphatic rings. The molecule has 1 aromatic rings. The average Bonchev–Trinajstić information content (AvgIpc) is 2.26. The predicted octanol–water partition coefficient (Wildman–Crippen LogP) is 3.87. The van der Waals surface area contributed by atoms with E-state index in [1.807, 2.05) is 39.0 Å². The topological polar surface area (TPSA) is 35.5 Å². The van der Waals surface area contributed by atoms with Crippen molar-refractivity contribution in [1.29, 1.82) is 0 Å². The molecule has 0 radical (unpaired) electrons. The van der Waals surface area contributed by atoms with Crippen molar-refractivity contribution >= 4 is 12.7 Å². The second-order valence-electron chi connectivity index (χ2n) is 4.89. The Labute approximate surface area is 103 Å². The molecule has 0 aliphatic carbocycles. The molecule has 17 heavy (non-hydrogen) atoms. The van der Waals surface area contributed by atoms with Gasteiger partial charge in [0.1, 0.15) is 0 Å². The fourth-order valence-corrected chi connectivity index (χ4v) is 2.66. The first kappa shape index (κ1) is 14.2. The summed E-state index contributed by atoms with van der Waals surface area (Å²) in [6, 6.07) is 8.98. The lowest BCUT2D eigenvalue weighted by atomic mass is 10.2. The second-order valence-corrected chi connectivity index (χ2v) is 7.42. The average molecular weight is 254 g/mol. The molecule has 0 saturated heterocycles. The Bertz CT molecular complexity index is 432. The van der Waals surface area contributed by atoms with Crippen LogP contribution in [0.4, 0.5) is 0 Å². The summed E-state index contributed by atoms with van der Waals surface area (Å²) in [5.74, 6) is 0. The van der Waals surface area contributed by atoms with Crippen LogP contribution in [0.2, 0.25) is 0 Å². The maximum Gasteiger partial charge on any atom is 0.286 e. The highest BCUT2D eigenvalue weighted by Gasteiger charge is 2.30. The standard InChI is InChI=1S/C13H19O3P/c1-11(2)17(14,16-15-13(3,4)5)12-9-7-6-8-10-12/h6-10H,1H2,2-5H3. The molecule has 0 heterocycles. The molecule has 94 valence electrons. The van der Waals surface area contributed by atoms with Gasteiger partial charge in [0.15, 0.2) is 0 Å². The summed E-state index contributed by atoms with van der Waals surface area (Å²) in [6.45, 7) is 10.9. The van der Waals surface area contributed by atoms with Crippen LogP contribution in [0.15, 0.2) is 42.2 Å². The molecule has 3 nitrogen and oxygen atoms in total. The van der Waals surface area contributed by atoms with Crippen LogP contribution in [0.1, 0.15) is 27.7 Å². The Balaban J connectivity index is 3.00. The van der Waals surface area contributed by atoms with Crippen molar-refractivity contribution in [3.05, 3.63) is 42.2 Å². The Hall–Kier alpha value is -0.890. The van der Waals surface area contributed by atoms with Crippen molar-refractivity contribution in [3.8, 4) is 0 Å². The van der Waals surface area contributed by atoms with Gasteiger partial charge in [-0.2, -0.15) is 4.67 Å². The largest absolute Gasteiger partial charge is 0.286 e. The molecular formula is C13H19O3P. The molecule has 0 bridgehead atoms. The molecule has 1 aromatic carbocycles. The highest BCUT2D eigenvalue weighted by molar-refractivity contribution is 7.70. The SMILES string of the molecule is C=C(C)P(=O)(OOC(C)(C)C)c1ccccc1. The Morgan fingerprint density at radius 1 is 1.24 bits per heavy atom. The lowest BCUT2D eigenvalue weighted by Crippen LogP contribution is -2.20. The van der Waals surface area contributed by atoms with E-state index in [1.54, 1.807) is 19.1 Å². The van der Waals surface area contributed by atoms with Gasteiger partial charge in [-0.15, -0.1) is 0 Å². The van der Waals surface area contributed by atoms with Crippen LogP contribution in [0.3, 0.4) is 0 Å². The van der Waals surface area contributed by atoms with Gasteiger partial charge in [-0.1, -0.05) is 24.8 Å². The number of hydrogen-bond acceptors (Lipinski definition) is 3. The zero-order valence-electron chi connectivity index (χ0n) is 10.8. The minimum Gasteiger partial charge on any atom is -0.280 e. The minimum atomic E-state index is -3.16. The van der Waals surface area contributed by atoms with Gasteiger partial charge in [-0.25, -0.2) is 4.89 Å². The minimum absolute atomic E-state index is 0.466. The molecule has 0 fully saturated rings. The molecule has 0 amide bonds. The third-order valence-electron chi connectivity index (χ3n) is 1.99. The van der Waals surface area contributed by atoms with Crippen LogP contribution in [0.5, 0.6) is 0 Å². The summed E-state index contributed by atoms with van der Waals surface area (Å²) in [5.41, 5.74) is -0.514. The summed E-state index contributed by atoms with van der Waals surface area (Å²) >= 11 is 0. The smallest absolute Gasteiger partial charge is 0.280 e. The van der Waals surface area contributed by atoms with Crippen LogP contribution >= 0.6 is 7.37 Å². The van der Waals surface area contributed by atoms with Gasteiger partial charge in [0.2, 0.25) is 0 Å². The second kappa shape index (κ2) is 5.18. The highest BCUT2D eigenvalue weighted by Crippen LogP contribution is 2.53. The lowest BCUT2D eigenvalue weighted by Gasteiger charge is -2.23. The molecule has 0 saturated carbocycles. The third kappa shape index (κ3) is 3.81. The van der Waals surface area contributed by atoms with Gasteiger partial charge >= 0.3 is 0 Å². The van der Waals surface area contributed by atoms with E-state index < -0.39 is 13.0 Å². The van der Waals surface area contributed by atoms with Crippen LogP contribution in [0, 0.1) is 0 Å². The Kier molecular flexibility index (Phi) is 4.31. The molecule has 0 N–H and O–H groups in total. The fourth-order valence-electron chi connectivity index (χ4n) is 1.12. The van der Waals surface area contributed by atoms with E-state index in [0.29, 0.717) is 10.6 Å². The summed E-state index contributed by atoms with van der Waals surface area (Å²) < 4.78 is 17.9. The van der Waals surface area contributed by atoms with Crippen molar-refractivity contribution in [1.82, 2.24) is 0 Å². The normalized spacial score (nSPS) is 15.3. The summed E-state index contributed by atoms with van der Waals surface area (Å²) in [6.07, 6.45) is 0. The summed E-state index contributed by atoms with van der Waals surface area (Å²) in [5, 5.41) is 1.06. The fraction of sp³-hybridized carbons (Fsp3) is 0.385. The summed E-state index contributed by atoms with van der Waals surface area (Å²) in [4.78, 5) is 5.19. The van der Waals surface area contributed by atoms with Gasteiger partial charge in [-0.3, -0.25) is 4.57 Å². The molecule has 1 atom stereocenters. The quantitative estimate of drug-likeness (QED) is 0.465. The number of allylic oxidation sites excluding steroid dienone is 1. The van der Waals surface area contributed by atoms with Crippen LogP contribution < -0.4 is 5.30 Å². The highest BCUT2D eigenvalue weighted by atomic mass is 31.2. The van der Waals surface area contributed by atoms with Crippen molar-refractivity contribution in [2.24, 2.45) is 0 Å². The first-order valence-corrected chi connectivity index (χ1v) is 7.07. The van der Waals surface area contributed by atoms with Crippen LogP contribution in [-0.2, 0) is 14.1 Å². The molecule has 1 rings (SSSR count). The number of hydrogen-bond donors (Lipinski definition) is 0. The van der Waals surface area contributed by atoms with Gasteiger partial charge in [0, 0.05) is 10.6 Å². The zero-order valence-corrected chi connectivity index (χ0v) is 11.7. The van der Waals surface area contributed by atoms with Crippen molar-refractivity contribution in [2.75, 3.05) is 0 Å². The molecule has 0 aliphatic heterocycles. The van der Waals surface area contributed by atoms with Crippen LogP contribution in [-0.4, -0.2) is 5.60 Å². The zero-order chi connectivity index (χ0) is 13.1. The Morgan fingerprint density at radius 2 is 1.76 bits per heavy atom. The van der Waals surface area contributed by atoms with Gasteiger partial charge < -0.3 is 0 Å². The van der Waals surface area contributed by atoms with E-state index in [9.17, 15) is 4.57 Å².